The van der Waals surface area contributed by atoms with E-state index in [1.165, 1.54) is 56.6 Å². The monoisotopic (exact) mass is 1510 g/mol. The zero-order chi connectivity index (χ0) is 77.2. The minimum Gasteiger partial charge on any atom is -0.480 e. The highest BCUT2D eigenvalue weighted by molar-refractivity contribution is 6.32. The molecular formula is C68H90Cl4F3N5O21. The number of rotatable bonds is 17. The number of ketones is 3. The molecule has 26 nitrogen and oxygen atoms in total. The molecule has 0 heterocycles. The number of aliphatic carboxylic acids is 2. The van der Waals surface area contributed by atoms with Crippen molar-refractivity contribution < 1.29 is 114 Å². The first kappa shape index (κ1) is 89.1. The Balaban J connectivity index is 0.000000458. The van der Waals surface area contributed by atoms with Crippen LogP contribution in [0.1, 0.15) is 162 Å². The zero-order valence-electron chi connectivity index (χ0n) is 58.6. The molecule has 4 N–H and O–H groups in total. The molecule has 33 heteroatoms. The van der Waals surface area contributed by atoms with E-state index in [4.69, 9.17) is 100 Å². The molecule has 3 aliphatic rings. The Morgan fingerprint density at radius 2 is 0.832 bits per heavy atom. The Morgan fingerprint density at radius 1 is 0.515 bits per heavy atom. The molecule has 0 aliphatic heterocycles. The van der Waals surface area contributed by atoms with Crippen molar-refractivity contribution >= 4 is 118 Å². The Labute approximate surface area is 604 Å². The number of likely N-dealkylation sites (N-methyl/N-ethyl adjacent to an activating group) is 4. The van der Waals surface area contributed by atoms with Gasteiger partial charge < -0.3 is 49.1 Å². The molecule has 0 unspecified atom stereocenters. The Bertz CT molecular complexity index is 3390. The summed E-state index contributed by atoms with van der Waals surface area (Å²) in [4.78, 5) is 147. The summed E-state index contributed by atoms with van der Waals surface area (Å²) >= 11 is 24.5. The number of benzene rings is 3. The normalized spacial score (nSPS) is 18.9. The maximum atomic E-state index is 13.1. The first-order valence-corrected chi connectivity index (χ1v) is 33.4. The van der Waals surface area contributed by atoms with Crippen LogP contribution in [0.25, 0.3) is 0 Å². The number of alkyl halides is 4. The van der Waals surface area contributed by atoms with Gasteiger partial charge in [-0.3, -0.25) is 48.4 Å². The maximum absolute atomic E-state index is 13.1. The van der Waals surface area contributed by atoms with Gasteiger partial charge in [-0.2, -0.15) is 13.2 Å². The van der Waals surface area contributed by atoms with Gasteiger partial charge in [0.2, 0.25) is 13.6 Å². The topological polar surface area (TPSA) is 349 Å². The lowest BCUT2D eigenvalue weighted by atomic mass is 9.74. The van der Waals surface area contributed by atoms with Crippen molar-refractivity contribution in [1.29, 1.82) is 0 Å². The molecule has 4 amide bonds. The number of hydrogen-bond donors (Lipinski definition) is 3. The molecule has 101 heavy (non-hydrogen) atoms. The van der Waals surface area contributed by atoms with E-state index in [2.05, 4.69) is 0 Å². The van der Waals surface area contributed by atoms with E-state index in [9.17, 15) is 65.9 Å². The molecule has 0 radical (unpaired) electrons. The number of amides is 4. The smallest absolute Gasteiger partial charge is 0.480 e. The molecule has 0 saturated heterocycles. The highest BCUT2D eigenvalue weighted by Gasteiger charge is 2.51. The largest absolute Gasteiger partial charge is 0.490 e. The molecule has 6 atom stereocenters. The fraction of sp³-hybridized carbons (Fsp3) is 0.559. The predicted octanol–water partition coefficient (Wildman–Crippen LogP) is 13.1. The zero-order valence-corrected chi connectivity index (χ0v) is 61.7. The van der Waals surface area contributed by atoms with E-state index in [0.29, 0.717) is 70.3 Å². The first-order valence-electron chi connectivity index (χ1n) is 31.7. The second-order valence-corrected chi connectivity index (χ2v) is 26.9. The molecule has 3 aliphatic carbocycles. The summed E-state index contributed by atoms with van der Waals surface area (Å²) in [5, 5.41) is 17.0. The first-order chi connectivity index (χ1) is 46.8. The number of carboxylic acids is 2. The predicted molar refractivity (Wildman–Crippen MR) is 363 cm³/mol. The van der Waals surface area contributed by atoms with Crippen molar-refractivity contribution in [2.24, 2.45) is 11.7 Å². The quantitative estimate of drug-likeness (QED) is 0.0489. The van der Waals surface area contributed by atoms with E-state index in [-0.39, 0.29) is 29.8 Å². The minimum absolute atomic E-state index is 0.0177. The number of hydrogen-bond acceptors (Lipinski definition) is 20. The molecule has 3 aromatic carbocycles. The molecule has 3 fully saturated rings. The van der Waals surface area contributed by atoms with Crippen molar-refractivity contribution in [1.82, 2.24) is 19.6 Å². The molecule has 0 bridgehead atoms. The van der Waals surface area contributed by atoms with Crippen molar-refractivity contribution in [3.05, 3.63) is 105 Å². The number of Topliss-reactive ketones (excluding diaryl/α,β-unsaturated/α-hetero) is 3. The second-order valence-electron chi connectivity index (χ2n) is 25.5. The lowest BCUT2D eigenvalue weighted by Crippen LogP contribution is -2.54. The molecule has 3 saturated carbocycles. The van der Waals surface area contributed by atoms with Crippen molar-refractivity contribution in [2.75, 3.05) is 47.8 Å². The maximum Gasteiger partial charge on any atom is 0.490 e. The summed E-state index contributed by atoms with van der Waals surface area (Å²) in [6, 6.07) is 19.0. The van der Waals surface area contributed by atoms with Crippen LogP contribution in [0.3, 0.4) is 0 Å². The molecule has 3 aromatic rings. The average molecular weight is 1510 g/mol. The van der Waals surface area contributed by atoms with Crippen molar-refractivity contribution in [2.45, 2.75) is 192 Å². The number of halogens is 7. The third kappa shape index (κ3) is 25.8. The summed E-state index contributed by atoms with van der Waals surface area (Å²) < 4.78 is 66.7. The van der Waals surface area contributed by atoms with Crippen LogP contribution in [0.4, 0.5) is 32.3 Å². The number of ether oxygens (including phenoxy) is 7. The number of nitrogens with zero attached hydrogens (tertiary/aromatic N) is 4. The van der Waals surface area contributed by atoms with Gasteiger partial charge in [-0.1, -0.05) is 108 Å². The van der Waals surface area contributed by atoms with Crippen molar-refractivity contribution in [3.63, 3.8) is 0 Å². The lowest BCUT2D eigenvalue weighted by Gasteiger charge is -2.43. The fourth-order valence-electron chi connectivity index (χ4n) is 10.6. The Hall–Kier alpha value is -7.99. The number of carboxylic acid groups (broad SMARTS) is 2. The second kappa shape index (κ2) is 40.0. The Morgan fingerprint density at radius 3 is 1.11 bits per heavy atom. The van der Waals surface area contributed by atoms with Gasteiger partial charge in [-0.15, -0.1) is 0 Å². The van der Waals surface area contributed by atoms with Crippen LogP contribution in [-0.4, -0.2) is 179 Å². The van der Waals surface area contributed by atoms with Gasteiger partial charge in [0.05, 0.1) is 12.3 Å². The molecule has 562 valence electrons. The number of carbonyl (C=O) groups excluding carboxylic acids is 10. The molecule has 0 aromatic heterocycles. The minimum atomic E-state index is -5.08. The van der Waals surface area contributed by atoms with Gasteiger partial charge in [0.15, 0.2) is 23.4 Å². The van der Waals surface area contributed by atoms with Gasteiger partial charge in [0, 0.05) is 79.2 Å². The number of nitrogens with two attached hydrogens (primary N) is 1. The molecule has 6 rings (SSSR count). The highest BCUT2D eigenvalue weighted by Crippen LogP contribution is 2.45. The van der Waals surface area contributed by atoms with E-state index in [0.717, 1.165) is 43.4 Å². The van der Waals surface area contributed by atoms with Crippen molar-refractivity contribution in [3.8, 4) is 0 Å². The third-order valence-electron chi connectivity index (χ3n) is 15.9. The van der Waals surface area contributed by atoms with Gasteiger partial charge in [-0.05, 0) is 131 Å². The average Bonchev–Trinajstić information content (AvgIpc) is 0.768. The van der Waals surface area contributed by atoms with Gasteiger partial charge in [0.1, 0.15) is 39.9 Å². The third-order valence-corrected chi connectivity index (χ3v) is 17.0. The van der Waals surface area contributed by atoms with Crippen LogP contribution >= 0.6 is 46.4 Å². The summed E-state index contributed by atoms with van der Waals surface area (Å²) in [7, 11) is 5.92. The summed E-state index contributed by atoms with van der Waals surface area (Å²) in [6.07, 6.45) is -0.943. The molecular weight excluding hydrogens is 1420 g/mol. The summed E-state index contributed by atoms with van der Waals surface area (Å²) in [5.74, 6) is -6.73. The lowest BCUT2D eigenvalue weighted by molar-refractivity contribution is -0.192. The summed E-state index contributed by atoms with van der Waals surface area (Å²) in [5.41, 5.74) is 2.35. The van der Waals surface area contributed by atoms with Gasteiger partial charge >= 0.3 is 60.4 Å². The molecule has 0 spiro atoms. The van der Waals surface area contributed by atoms with Gasteiger partial charge in [-0.25, -0.2) is 28.8 Å². The van der Waals surface area contributed by atoms with Crippen LogP contribution in [0.2, 0.25) is 15.1 Å². The summed E-state index contributed by atoms with van der Waals surface area (Å²) in [6.45, 7) is 13.6. The van der Waals surface area contributed by atoms with E-state index >= 15 is 0 Å². The van der Waals surface area contributed by atoms with Gasteiger partial charge in [0.25, 0.3) is 0 Å². The number of esters is 3. The highest BCUT2D eigenvalue weighted by atomic mass is 35.5. The Kier molecular flexibility index (Phi) is 35.3. The van der Waals surface area contributed by atoms with Crippen LogP contribution in [0, 0.1) is 5.92 Å². The standard InChI is InChI=1S/C24H32ClNO7.C18H23ClN2O5.C15H17Cl2NO3.C9H17NO4.C2HF3O2/c1-16(14-20(28)33-23(2,3)4)21(29)31-15-32-22(30)26(5)24(13-9-8-12-19(24)27)17-10-6-7-11-18(17)25;1-12(20)16(23)25-11-26-17(24)21(2)18(10-6-5-9-15(18)22)13-7-3-4-8-14(13)19;1-18(14(20)21-10-16)15(9-5-4-8-13(15)19)11-6-2-3-7-12(11)17;1-6(7(11)12)10(5)8(13)14-9(2,3)4;3-2(4,5)1(6)7/h6-7,10-11,16H,8-9,12-15H2,1-5H3;3-4,7-8,12H,5-6,9-11,20H2,1-2H3;2-3,6-7H,4-5,8-10H2,1H3;6H,1-5H3,(H,11,12);(H,6,7)/t16-,24+;12-,18-;15-;6-;/m1000./s1. The SMILES string of the molecule is CN(C(=O)OCCl)[C@]1(c2ccccc2Cl)CCCCC1=O.C[C@@H](C(=O)O)N(C)C(=O)OC(C)(C)C.C[C@H](CC(=O)OC(C)(C)C)C(=O)OCOC(=O)N(C)[C@]1(c2ccccc2Cl)CCCCC1=O.C[C@H](N)C(=O)OCOC(=O)N(C)[C@]1(c2ccccc2Cl)CCCCC1=O.O=C(O)C(F)(F)F. The van der Waals surface area contributed by atoms with E-state index in [1.807, 2.05) is 6.07 Å². The fourth-order valence-corrected chi connectivity index (χ4v) is 11.6. The number of carbonyl (C=O) groups is 12. The van der Waals surface area contributed by atoms with Crippen LogP contribution in [0.15, 0.2) is 72.8 Å². The van der Waals surface area contributed by atoms with Crippen LogP contribution in [0.5, 0.6) is 0 Å². The van der Waals surface area contributed by atoms with Crippen LogP contribution < -0.4 is 5.73 Å². The van der Waals surface area contributed by atoms with E-state index < -0.39 is 120 Å². The van der Waals surface area contributed by atoms with E-state index in [1.54, 1.807) is 115 Å². The van der Waals surface area contributed by atoms with Crippen LogP contribution in [-0.2, 0) is 88.1 Å².